The SMILES string of the molecule is CC(C)(COc1ncccn1)c1c(-c2cccc(C(=O)O)c2)c2c(O)cc(F)cc2n1-c1ccc(F)c(F)c1. The number of rotatable bonds is 7. The van der Waals surface area contributed by atoms with E-state index in [-0.39, 0.29) is 34.8 Å². The van der Waals surface area contributed by atoms with E-state index in [0.29, 0.717) is 16.8 Å². The van der Waals surface area contributed by atoms with Crippen LogP contribution in [0.25, 0.3) is 27.7 Å². The standard InChI is InChI=1S/C29H22F3N3O4/c1-29(2,15-39-28-33-9-4-10-34-28)26-24(16-5-3-6-17(11-16)27(37)38)25-22(12-18(30)13-23(25)36)35(26)19-7-8-20(31)21(32)14-19/h3-14,36H,15H2,1-2H3,(H,37,38). The van der Waals surface area contributed by atoms with Crippen LogP contribution in [0.1, 0.15) is 29.9 Å². The number of hydrogen-bond acceptors (Lipinski definition) is 5. The molecule has 2 aromatic heterocycles. The van der Waals surface area contributed by atoms with E-state index < -0.39 is 34.6 Å². The fourth-order valence-electron chi connectivity index (χ4n) is 4.66. The fraction of sp³-hybridized carbons (Fsp3) is 0.138. The minimum atomic E-state index is -1.16. The molecule has 3 aromatic carbocycles. The molecule has 0 saturated heterocycles. The van der Waals surface area contributed by atoms with Crippen molar-refractivity contribution in [2.24, 2.45) is 0 Å². The Bertz CT molecular complexity index is 1720. The number of hydrogen-bond donors (Lipinski definition) is 2. The first-order chi connectivity index (χ1) is 18.6. The summed E-state index contributed by atoms with van der Waals surface area (Å²) >= 11 is 0. The summed E-state index contributed by atoms with van der Waals surface area (Å²) in [7, 11) is 0. The van der Waals surface area contributed by atoms with E-state index in [9.17, 15) is 28.2 Å². The zero-order valence-corrected chi connectivity index (χ0v) is 20.8. The van der Waals surface area contributed by atoms with Crippen LogP contribution >= 0.6 is 0 Å². The van der Waals surface area contributed by atoms with Crippen LogP contribution in [0.2, 0.25) is 0 Å². The maximum Gasteiger partial charge on any atom is 0.335 e. The number of carboxylic acid groups (broad SMARTS) is 1. The molecule has 0 bridgehead atoms. The van der Waals surface area contributed by atoms with Gasteiger partial charge in [0.2, 0.25) is 0 Å². The highest BCUT2D eigenvalue weighted by Crippen LogP contribution is 2.46. The Morgan fingerprint density at radius 3 is 2.41 bits per heavy atom. The van der Waals surface area contributed by atoms with Gasteiger partial charge in [0.25, 0.3) is 0 Å². The second-order valence-corrected chi connectivity index (χ2v) is 9.57. The number of fused-ring (bicyclic) bond motifs is 1. The van der Waals surface area contributed by atoms with E-state index in [4.69, 9.17) is 4.74 Å². The van der Waals surface area contributed by atoms with Crippen molar-refractivity contribution in [2.45, 2.75) is 19.3 Å². The summed E-state index contributed by atoms with van der Waals surface area (Å²) in [5, 5.41) is 20.8. The number of aromatic nitrogens is 3. The number of nitrogens with zero attached hydrogens (tertiary/aromatic N) is 3. The van der Waals surface area contributed by atoms with Crippen molar-refractivity contribution in [2.75, 3.05) is 6.61 Å². The summed E-state index contributed by atoms with van der Waals surface area (Å²) in [5.41, 5.74) is 0.529. The van der Waals surface area contributed by atoms with Crippen molar-refractivity contribution in [3.8, 4) is 28.6 Å². The lowest BCUT2D eigenvalue weighted by Crippen LogP contribution is -2.30. The van der Waals surface area contributed by atoms with Gasteiger partial charge in [0.1, 0.15) is 18.2 Å². The van der Waals surface area contributed by atoms with Crippen LogP contribution in [0.15, 0.2) is 73.1 Å². The second kappa shape index (κ2) is 9.79. The lowest BCUT2D eigenvalue weighted by molar-refractivity contribution is 0.0697. The zero-order valence-electron chi connectivity index (χ0n) is 20.8. The zero-order chi connectivity index (χ0) is 27.9. The van der Waals surface area contributed by atoms with Crippen molar-refractivity contribution in [3.63, 3.8) is 0 Å². The highest BCUT2D eigenvalue weighted by atomic mass is 19.2. The summed E-state index contributed by atoms with van der Waals surface area (Å²) in [5.74, 6) is -4.52. The summed E-state index contributed by atoms with van der Waals surface area (Å²) in [4.78, 5) is 19.9. The molecule has 0 atom stereocenters. The second-order valence-electron chi connectivity index (χ2n) is 9.57. The molecule has 2 N–H and O–H groups in total. The van der Waals surface area contributed by atoms with Crippen molar-refractivity contribution >= 4 is 16.9 Å². The van der Waals surface area contributed by atoms with Gasteiger partial charge in [-0.25, -0.2) is 27.9 Å². The summed E-state index contributed by atoms with van der Waals surface area (Å²) < 4.78 is 50.5. The Kier molecular flexibility index (Phi) is 6.47. The van der Waals surface area contributed by atoms with Gasteiger partial charge in [0.15, 0.2) is 11.6 Å². The topological polar surface area (TPSA) is 97.5 Å². The molecule has 0 aliphatic rings. The smallest absolute Gasteiger partial charge is 0.335 e. The Labute approximate surface area is 220 Å². The molecule has 0 spiro atoms. The van der Waals surface area contributed by atoms with Gasteiger partial charge < -0.3 is 19.5 Å². The molecule has 5 rings (SSSR count). The molecule has 0 amide bonds. The minimum Gasteiger partial charge on any atom is -0.507 e. The predicted molar refractivity (Wildman–Crippen MR) is 138 cm³/mol. The van der Waals surface area contributed by atoms with Crippen LogP contribution in [-0.2, 0) is 5.41 Å². The van der Waals surface area contributed by atoms with Gasteiger partial charge in [-0.3, -0.25) is 0 Å². The summed E-state index contributed by atoms with van der Waals surface area (Å²) in [6, 6.07) is 13.1. The van der Waals surface area contributed by atoms with E-state index in [1.54, 1.807) is 32.0 Å². The molecular weight excluding hydrogens is 511 g/mol. The van der Waals surface area contributed by atoms with Crippen LogP contribution < -0.4 is 4.74 Å². The molecule has 2 heterocycles. The lowest BCUT2D eigenvalue weighted by Gasteiger charge is -2.28. The molecular formula is C29H22F3N3O4. The van der Waals surface area contributed by atoms with Gasteiger partial charge in [0.05, 0.1) is 16.5 Å². The molecule has 198 valence electrons. The van der Waals surface area contributed by atoms with Gasteiger partial charge >= 0.3 is 12.0 Å². The van der Waals surface area contributed by atoms with Gasteiger partial charge in [-0.2, -0.15) is 0 Å². The van der Waals surface area contributed by atoms with Crippen molar-refractivity contribution < 1.29 is 32.9 Å². The molecule has 0 aliphatic carbocycles. The first kappa shape index (κ1) is 25.8. The number of carboxylic acids is 1. The minimum absolute atomic E-state index is 0.0134. The molecule has 5 aromatic rings. The van der Waals surface area contributed by atoms with E-state index >= 15 is 0 Å². The molecule has 39 heavy (non-hydrogen) atoms. The van der Waals surface area contributed by atoms with Crippen molar-refractivity contribution in [1.29, 1.82) is 0 Å². The molecule has 0 fully saturated rings. The highest BCUT2D eigenvalue weighted by Gasteiger charge is 2.34. The predicted octanol–water partition coefficient (Wildman–Crippen LogP) is 6.27. The largest absolute Gasteiger partial charge is 0.507 e. The number of halogens is 3. The van der Waals surface area contributed by atoms with Gasteiger partial charge in [-0.05, 0) is 42.0 Å². The number of phenols is 1. The fourth-order valence-corrected chi connectivity index (χ4v) is 4.66. The summed E-state index contributed by atoms with van der Waals surface area (Å²) in [6.07, 6.45) is 3.02. The van der Waals surface area contributed by atoms with Gasteiger partial charge in [0, 0.05) is 46.9 Å². The van der Waals surface area contributed by atoms with Gasteiger partial charge in [-0.1, -0.05) is 26.0 Å². The molecule has 7 nitrogen and oxygen atoms in total. The Morgan fingerprint density at radius 2 is 1.72 bits per heavy atom. The lowest BCUT2D eigenvalue weighted by atomic mass is 9.84. The first-order valence-corrected chi connectivity index (χ1v) is 11.8. The summed E-state index contributed by atoms with van der Waals surface area (Å²) in [6.45, 7) is 3.59. The van der Waals surface area contributed by atoms with Crippen LogP contribution in [0, 0.1) is 17.5 Å². The molecule has 0 unspecified atom stereocenters. The van der Waals surface area contributed by atoms with Gasteiger partial charge in [-0.15, -0.1) is 0 Å². The third-order valence-corrected chi connectivity index (χ3v) is 6.32. The first-order valence-electron chi connectivity index (χ1n) is 11.8. The molecule has 0 aliphatic heterocycles. The van der Waals surface area contributed by atoms with Crippen molar-refractivity contribution in [1.82, 2.24) is 14.5 Å². The third-order valence-electron chi connectivity index (χ3n) is 6.32. The Balaban J connectivity index is 1.87. The van der Waals surface area contributed by atoms with Crippen LogP contribution in [0.4, 0.5) is 13.2 Å². The normalized spacial score (nSPS) is 11.6. The molecule has 0 radical (unpaired) electrons. The average molecular weight is 534 g/mol. The molecule has 0 saturated carbocycles. The van der Waals surface area contributed by atoms with Crippen LogP contribution in [-0.4, -0.2) is 37.3 Å². The Morgan fingerprint density at radius 1 is 0.974 bits per heavy atom. The van der Waals surface area contributed by atoms with E-state index in [0.717, 1.165) is 18.2 Å². The highest BCUT2D eigenvalue weighted by molar-refractivity contribution is 6.04. The maximum absolute atomic E-state index is 14.7. The maximum atomic E-state index is 14.7. The third kappa shape index (κ3) is 4.76. The number of phenolic OH excluding ortho intramolecular Hbond substituents is 1. The van der Waals surface area contributed by atoms with E-state index in [1.807, 2.05) is 0 Å². The van der Waals surface area contributed by atoms with Crippen molar-refractivity contribution in [3.05, 3.63) is 102 Å². The number of ether oxygens (including phenoxy) is 1. The number of carbonyl (C=O) groups is 1. The van der Waals surface area contributed by atoms with Crippen LogP contribution in [0.3, 0.4) is 0 Å². The average Bonchev–Trinajstić information content (AvgIpc) is 3.26. The van der Waals surface area contributed by atoms with E-state index in [2.05, 4.69) is 9.97 Å². The number of aromatic hydroxyl groups is 1. The Hall–Kier alpha value is -4.86. The number of aromatic carboxylic acids is 1. The monoisotopic (exact) mass is 533 g/mol. The van der Waals surface area contributed by atoms with E-state index in [1.165, 1.54) is 41.2 Å². The quantitative estimate of drug-likeness (QED) is 0.256. The number of benzene rings is 3. The van der Waals surface area contributed by atoms with Crippen LogP contribution in [0.5, 0.6) is 11.8 Å². The molecule has 10 heteroatoms.